The smallest absolute Gasteiger partial charge is 0.253 e. The number of nitrogens with two attached hydrogens (primary N) is 1. The van der Waals surface area contributed by atoms with Gasteiger partial charge >= 0.3 is 0 Å². The monoisotopic (exact) mass is 262 g/mol. The zero-order chi connectivity index (χ0) is 13.7. The summed E-state index contributed by atoms with van der Waals surface area (Å²) in [7, 11) is 0. The standard InChI is InChI=1S/C13H18N4O2/c1-3-12-16-17-13(19-12)8-18-11-5-4-9(2)15-10(11)6-7-14/h4-5H,3,6-8,14H2,1-2H3. The van der Waals surface area contributed by atoms with E-state index in [2.05, 4.69) is 15.2 Å². The minimum atomic E-state index is 0.245. The van der Waals surface area contributed by atoms with Gasteiger partial charge in [-0.3, -0.25) is 4.98 Å². The van der Waals surface area contributed by atoms with E-state index in [1.165, 1.54) is 0 Å². The first kappa shape index (κ1) is 13.5. The lowest BCUT2D eigenvalue weighted by Crippen LogP contribution is -2.08. The molecule has 0 aliphatic heterocycles. The molecule has 102 valence electrons. The lowest BCUT2D eigenvalue weighted by molar-refractivity contribution is 0.256. The Morgan fingerprint density at radius 3 is 2.74 bits per heavy atom. The van der Waals surface area contributed by atoms with Crippen molar-refractivity contribution in [3.8, 4) is 5.75 Å². The summed E-state index contributed by atoms with van der Waals surface area (Å²) in [6.07, 6.45) is 1.40. The van der Waals surface area contributed by atoms with Gasteiger partial charge < -0.3 is 14.9 Å². The van der Waals surface area contributed by atoms with Gasteiger partial charge in [-0.05, 0) is 25.6 Å². The molecule has 2 rings (SSSR count). The van der Waals surface area contributed by atoms with Gasteiger partial charge in [0, 0.05) is 18.5 Å². The molecule has 0 atom stereocenters. The van der Waals surface area contributed by atoms with Crippen LogP contribution in [0.2, 0.25) is 0 Å². The van der Waals surface area contributed by atoms with E-state index in [0.717, 1.165) is 17.8 Å². The predicted octanol–water partition coefficient (Wildman–Crippen LogP) is 1.42. The normalized spacial score (nSPS) is 10.7. The van der Waals surface area contributed by atoms with Crippen LogP contribution in [-0.4, -0.2) is 21.7 Å². The van der Waals surface area contributed by atoms with Gasteiger partial charge in [-0.1, -0.05) is 6.92 Å². The van der Waals surface area contributed by atoms with Crippen LogP contribution in [0.3, 0.4) is 0 Å². The molecule has 2 heterocycles. The van der Waals surface area contributed by atoms with Gasteiger partial charge in [0.05, 0.1) is 5.69 Å². The molecule has 0 amide bonds. The van der Waals surface area contributed by atoms with Crippen LogP contribution in [0.15, 0.2) is 16.5 Å². The Labute approximate surface area is 112 Å². The van der Waals surface area contributed by atoms with Crippen molar-refractivity contribution >= 4 is 0 Å². The highest BCUT2D eigenvalue weighted by molar-refractivity contribution is 5.29. The van der Waals surface area contributed by atoms with Crippen molar-refractivity contribution in [2.24, 2.45) is 5.73 Å². The fourth-order valence-electron chi connectivity index (χ4n) is 1.67. The fraction of sp³-hybridized carbons (Fsp3) is 0.462. The lowest BCUT2D eigenvalue weighted by atomic mass is 10.2. The largest absolute Gasteiger partial charge is 0.482 e. The summed E-state index contributed by atoms with van der Waals surface area (Å²) in [6.45, 7) is 4.68. The highest BCUT2D eigenvalue weighted by Crippen LogP contribution is 2.18. The molecule has 6 heteroatoms. The number of rotatable bonds is 6. The van der Waals surface area contributed by atoms with E-state index in [1.54, 1.807) is 0 Å². The summed E-state index contributed by atoms with van der Waals surface area (Å²) in [5.74, 6) is 1.80. The van der Waals surface area contributed by atoms with Crippen LogP contribution in [0.4, 0.5) is 0 Å². The number of nitrogens with zero attached hydrogens (tertiary/aromatic N) is 3. The van der Waals surface area contributed by atoms with Crippen molar-refractivity contribution in [1.82, 2.24) is 15.2 Å². The van der Waals surface area contributed by atoms with Crippen LogP contribution < -0.4 is 10.5 Å². The molecule has 19 heavy (non-hydrogen) atoms. The van der Waals surface area contributed by atoms with Crippen molar-refractivity contribution in [3.05, 3.63) is 35.3 Å². The van der Waals surface area contributed by atoms with E-state index in [-0.39, 0.29) is 6.61 Å². The molecule has 0 aliphatic carbocycles. The van der Waals surface area contributed by atoms with E-state index in [0.29, 0.717) is 30.5 Å². The van der Waals surface area contributed by atoms with Gasteiger partial charge in [0.15, 0.2) is 6.61 Å². The van der Waals surface area contributed by atoms with Gasteiger partial charge in [-0.15, -0.1) is 10.2 Å². The Hall–Kier alpha value is -1.95. The van der Waals surface area contributed by atoms with E-state index in [1.807, 2.05) is 26.0 Å². The summed E-state index contributed by atoms with van der Waals surface area (Å²) in [6, 6.07) is 3.80. The first-order valence-electron chi connectivity index (χ1n) is 6.33. The third kappa shape index (κ3) is 3.51. The second kappa shape index (κ2) is 6.29. The van der Waals surface area contributed by atoms with Gasteiger partial charge in [0.1, 0.15) is 5.75 Å². The summed E-state index contributed by atoms with van der Waals surface area (Å²) in [4.78, 5) is 4.42. The van der Waals surface area contributed by atoms with E-state index in [4.69, 9.17) is 14.9 Å². The SMILES string of the molecule is CCc1nnc(COc2ccc(C)nc2CCN)o1. The van der Waals surface area contributed by atoms with Crippen LogP contribution >= 0.6 is 0 Å². The molecule has 0 saturated heterocycles. The topological polar surface area (TPSA) is 87.1 Å². The van der Waals surface area contributed by atoms with Crippen molar-refractivity contribution in [1.29, 1.82) is 0 Å². The van der Waals surface area contributed by atoms with Crippen LogP contribution in [0.5, 0.6) is 5.75 Å². The van der Waals surface area contributed by atoms with E-state index >= 15 is 0 Å². The van der Waals surface area contributed by atoms with Crippen molar-refractivity contribution in [2.45, 2.75) is 33.3 Å². The van der Waals surface area contributed by atoms with Gasteiger partial charge in [0.25, 0.3) is 5.89 Å². The molecule has 2 aromatic heterocycles. The predicted molar refractivity (Wildman–Crippen MR) is 69.7 cm³/mol. The molecule has 6 nitrogen and oxygen atoms in total. The molecule has 0 aromatic carbocycles. The van der Waals surface area contributed by atoms with Crippen LogP contribution in [0.25, 0.3) is 0 Å². The number of pyridine rings is 1. The van der Waals surface area contributed by atoms with Crippen LogP contribution in [0.1, 0.15) is 30.1 Å². The molecule has 0 saturated carbocycles. The molecule has 2 N–H and O–H groups in total. The second-order valence-electron chi connectivity index (χ2n) is 4.17. The minimum Gasteiger partial charge on any atom is -0.482 e. The van der Waals surface area contributed by atoms with Crippen molar-refractivity contribution in [3.63, 3.8) is 0 Å². The second-order valence-corrected chi connectivity index (χ2v) is 4.17. The fourth-order valence-corrected chi connectivity index (χ4v) is 1.67. The average Bonchev–Trinajstić information content (AvgIpc) is 2.86. The molecule has 2 aromatic rings. The molecule has 0 unspecified atom stereocenters. The zero-order valence-electron chi connectivity index (χ0n) is 11.2. The zero-order valence-corrected chi connectivity index (χ0v) is 11.2. The van der Waals surface area contributed by atoms with E-state index in [9.17, 15) is 0 Å². The minimum absolute atomic E-state index is 0.245. The Morgan fingerprint density at radius 1 is 1.26 bits per heavy atom. The number of aromatic nitrogens is 3. The number of hydrogen-bond acceptors (Lipinski definition) is 6. The number of hydrogen-bond donors (Lipinski definition) is 1. The maximum atomic E-state index is 5.67. The Bertz CT molecular complexity index is 539. The summed E-state index contributed by atoms with van der Waals surface area (Å²) in [5, 5.41) is 7.80. The quantitative estimate of drug-likeness (QED) is 0.847. The highest BCUT2D eigenvalue weighted by atomic mass is 16.5. The maximum absolute atomic E-state index is 5.67. The third-order valence-corrected chi connectivity index (χ3v) is 2.62. The molecule has 0 aliphatic rings. The number of ether oxygens (including phenoxy) is 1. The van der Waals surface area contributed by atoms with Gasteiger partial charge in [-0.25, -0.2) is 0 Å². The Morgan fingerprint density at radius 2 is 2.05 bits per heavy atom. The first-order chi connectivity index (χ1) is 9.22. The van der Waals surface area contributed by atoms with Crippen LogP contribution in [0, 0.1) is 6.92 Å². The molecular formula is C13H18N4O2. The maximum Gasteiger partial charge on any atom is 0.253 e. The summed E-state index contributed by atoms with van der Waals surface area (Å²) < 4.78 is 11.1. The lowest BCUT2D eigenvalue weighted by Gasteiger charge is -2.09. The van der Waals surface area contributed by atoms with Gasteiger partial charge in [-0.2, -0.15) is 0 Å². The molecule has 0 bridgehead atoms. The van der Waals surface area contributed by atoms with Gasteiger partial charge in [0.2, 0.25) is 5.89 Å². The summed E-state index contributed by atoms with van der Waals surface area (Å²) >= 11 is 0. The molecule has 0 radical (unpaired) electrons. The summed E-state index contributed by atoms with van der Waals surface area (Å²) in [5.41, 5.74) is 7.38. The highest BCUT2D eigenvalue weighted by Gasteiger charge is 2.09. The van der Waals surface area contributed by atoms with Crippen LogP contribution in [-0.2, 0) is 19.4 Å². The Kier molecular flexibility index (Phi) is 4.46. The number of aryl methyl sites for hydroxylation is 2. The van der Waals surface area contributed by atoms with Crippen molar-refractivity contribution < 1.29 is 9.15 Å². The average molecular weight is 262 g/mol. The molecular weight excluding hydrogens is 244 g/mol. The Balaban J connectivity index is 2.05. The van der Waals surface area contributed by atoms with E-state index < -0.39 is 0 Å². The third-order valence-electron chi connectivity index (χ3n) is 2.62. The molecule has 0 fully saturated rings. The van der Waals surface area contributed by atoms with Crippen molar-refractivity contribution in [2.75, 3.05) is 6.54 Å². The first-order valence-corrected chi connectivity index (χ1v) is 6.33. The molecule has 0 spiro atoms.